The highest BCUT2D eigenvalue weighted by atomic mass is 35.5. The lowest BCUT2D eigenvalue weighted by atomic mass is 9.78. The van der Waals surface area contributed by atoms with Crippen LogP contribution in [0.15, 0.2) is 47.1 Å². The Morgan fingerprint density at radius 2 is 1.57 bits per heavy atom. The molecule has 6 heteroatoms. The van der Waals surface area contributed by atoms with E-state index in [1.54, 1.807) is 6.26 Å². The Balaban J connectivity index is 0.00000432. The van der Waals surface area contributed by atoms with E-state index in [0.717, 1.165) is 41.1 Å². The third-order valence-corrected chi connectivity index (χ3v) is 5.93. The molecule has 1 unspecified atom stereocenters. The van der Waals surface area contributed by atoms with E-state index in [1.165, 1.54) is 5.56 Å². The van der Waals surface area contributed by atoms with Crippen molar-refractivity contribution in [1.82, 2.24) is 10.3 Å². The molecule has 35 heavy (non-hydrogen) atoms. The average Bonchev–Trinajstić information content (AvgIpc) is 3.21. The molecular weight excluding hydrogens is 460 g/mol. The first kappa shape index (κ1) is 28.7. The van der Waals surface area contributed by atoms with Gasteiger partial charge in [-0.2, -0.15) is 0 Å². The van der Waals surface area contributed by atoms with Gasteiger partial charge in [0, 0.05) is 22.7 Å². The first-order chi connectivity index (χ1) is 15.9. The van der Waals surface area contributed by atoms with Crippen LogP contribution in [0.5, 0.6) is 11.5 Å². The minimum absolute atomic E-state index is 0. The summed E-state index contributed by atoms with van der Waals surface area (Å²) in [5.41, 5.74) is 4.20. The zero-order valence-corrected chi connectivity index (χ0v) is 23.2. The van der Waals surface area contributed by atoms with Crippen LogP contribution in [0.4, 0.5) is 0 Å². The van der Waals surface area contributed by atoms with Crippen molar-refractivity contribution in [3.63, 3.8) is 0 Å². The SMILES string of the molecule is CCNC(C)Cc1ccc(OCc2coc(-c3cc(C(C)(C)C)c(O)c(C(C)(C)C)c3)n2)cc1.Cl. The van der Waals surface area contributed by atoms with Crippen LogP contribution in [-0.4, -0.2) is 22.7 Å². The Morgan fingerprint density at radius 3 is 2.09 bits per heavy atom. The van der Waals surface area contributed by atoms with Gasteiger partial charge in [0.1, 0.15) is 30.1 Å². The number of benzene rings is 2. The molecule has 1 aromatic heterocycles. The standard InChI is InChI=1S/C29H40N2O3.ClH/c1-9-30-19(2)14-20-10-12-23(13-11-20)33-17-22-18-34-27(31-22)21-15-24(28(3,4)5)26(32)25(16-21)29(6,7)8;/h10-13,15-16,18-19,30,32H,9,14,17H2,1-8H3;1H. The van der Waals surface area contributed by atoms with Gasteiger partial charge in [-0.15, -0.1) is 12.4 Å². The van der Waals surface area contributed by atoms with Crippen LogP contribution < -0.4 is 10.1 Å². The van der Waals surface area contributed by atoms with Crippen molar-refractivity contribution >= 4 is 12.4 Å². The number of oxazole rings is 1. The van der Waals surface area contributed by atoms with E-state index in [0.29, 0.717) is 24.3 Å². The minimum atomic E-state index is -0.213. The lowest BCUT2D eigenvalue weighted by Gasteiger charge is -2.27. The first-order valence-corrected chi connectivity index (χ1v) is 12.2. The van der Waals surface area contributed by atoms with E-state index in [4.69, 9.17) is 9.15 Å². The maximum Gasteiger partial charge on any atom is 0.226 e. The number of hydrogen-bond acceptors (Lipinski definition) is 5. The average molecular weight is 501 g/mol. The third kappa shape index (κ3) is 7.49. The summed E-state index contributed by atoms with van der Waals surface area (Å²) in [6.07, 6.45) is 2.63. The number of ether oxygens (including phenoxy) is 1. The first-order valence-electron chi connectivity index (χ1n) is 12.2. The van der Waals surface area contributed by atoms with E-state index in [1.807, 2.05) is 24.3 Å². The van der Waals surface area contributed by atoms with Crippen LogP contribution in [0.3, 0.4) is 0 Å². The second kappa shape index (κ2) is 11.5. The Labute approximate surface area is 216 Å². The molecule has 0 saturated heterocycles. The van der Waals surface area contributed by atoms with E-state index >= 15 is 0 Å². The summed E-state index contributed by atoms with van der Waals surface area (Å²) in [4.78, 5) is 4.67. The summed E-state index contributed by atoms with van der Waals surface area (Å²) in [6.45, 7) is 18.2. The zero-order valence-electron chi connectivity index (χ0n) is 22.4. The summed E-state index contributed by atoms with van der Waals surface area (Å²) in [5, 5.41) is 14.4. The molecule has 0 bridgehead atoms. The molecule has 0 fully saturated rings. The highest BCUT2D eigenvalue weighted by molar-refractivity contribution is 5.85. The number of rotatable bonds is 8. The number of nitrogens with one attached hydrogen (secondary N) is 1. The monoisotopic (exact) mass is 500 g/mol. The number of halogens is 1. The second-order valence-corrected chi connectivity index (χ2v) is 11.2. The van der Waals surface area contributed by atoms with Gasteiger partial charge in [0.15, 0.2) is 0 Å². The molecule has 0 aliphatic heterocycles. The molecule has 0 radical (unpaired) electrons. The predicted octanol–water partition coefficient (Wildman–Crippen LogP) is 7.18. The third-order valence-electron chi connectivity index (χ3n) is 5.93. The lowest BCUT2D eigenvalue weighted by molar-refractivity contribution is 0.301. The molecule has 2 N–H and O–H groups in total. The summed E-state index contributed by atoms with van der Waals surface area (Å²) in [5.74, 6) is 1.68. The molecular formula is C29H41ClN2O3. The van der Waals surface area contributed by atoms with Crippen LogP contribution in [-0.2, 0) is 23.9 Å². The molecule has 0 aliphatic carbocycles. The predicted molar refractivity (Wildman–Crippen MR) is 146 cm³/mol. The Hall–Kier alpha value is -2.50. The van der Waals surface area contributed by atoms with Gasteiger partial charge in [0.25, 0.3) is 0 Å². The van der Waals surface area contributed by atoms with Crippen molar-refractivity contribution in [3.8, 4) is 23.0 Å². The molecule has 1 atom stereocenters. The van der Waals surface area contributed by atoms with Crippen LogP contribution in [0, 0.1) is 0 Å². The molecule has 2 aromatic carbocycles. The number of phenolic OH excluding ortho intramolecular Hbond substituents is 1. The summed E-state index contributed by atoms with van der Waals surface area (Å²) in [6, 6.07) is 12.6. The zero-order chi connectivity index (χ0) is 25.1. The fourth-order valence-electron chi connectivity index (χ4n) is 4.06. The van der Waals surface area contributed by atoms with E-state index in [9.17, 15) is 5.11 Å². The van der Waals surface area contributed by atoms with E-state index in [-0.39, 0.29) is 23.2 Å². The number of aromatic nitrogens is 1. The Morgan fingerprint density at radius 1 is 1.00 bits per heavy atom. The largest absolute Gasteiger partial charge is 0.507 e. The van der Waals surface area contributed by atoms with Crippen molar-refractivity contribution < 1.29 is 14.3 Å². The van der Waals surface area contributed by atoms with Crippen molar-refractivity contribution in [2.45, 2.75) is 85.3 Å². The molecule has 0 amide bonds. The van der Waals surface area contributed by atoms with Crippen molar-refractivity contribution in [3.05, 3.63) is 65.0 Å². The quantitative estimate of drug-likeness (QED) is 0.342. The van der Waals surface area contributed by atoms with Crippen molar-refractivity contribution in [2.75, 3.05) is 6.54 Å². The molecule has 0 spiro atoms. The highest BCUT2D eigenvalue weighted by Crippen LogP contribution is 2.41. The number of phenols is 1. The topological polar surface area (TPSA) is 67.5 Å². The van der Waals surface area contributed by atoms with Crippen LogP contribution in [0.1, 0.15) is 77.8 Å². The summed E-state index contributed by atoms with van der Waals surface area (Å²) >= 11 is 0. The Kier molecular flexibility index (Phi) is 9.43. The smallest absolute Gasteiger partial charge is 0.226 e. The van der Waals surface area contributed by atoms with Gasteiger partial charge >= 0.3 is 0 Å². The molecule has 192 valence electrons. The molecule has 3 aromatic rings. The van der Waals surface area contributed by atoms with Gasteiger partial charge < -0.3 is 19.6 Å². The van der Waals surface area contributed by atoms with Gasteiger partial charge in [0.2, 0.25) is 5.89 Å². The van der Waals surface area contributed by atoms with Gasteiger partial charge in [-0.25, -0.2) is 4.98 Å². The molecule has 0 saturated carbocycles. The fraction of sp³-hybridized carbons (Fsp3) is 0.483. The van der Waals surface area contributed by atoms with Gasteiger partial charge in [-0.3, -0.25) is 0 Å². The number of aromatic hydroxyl groups is 1. The van der Waals surface area contributed by atoms with Crippen molar-refractivity contribution in [1.29, 1.82) is 0 Å². The fourth-order valence-corrected chi connectivity index (χ4v) is 4.06. The summed E-state index contributed by atoms with van der Waals surface area (Å²) in [7, 11) is 0. The highest BCUT2D eigenvalue weighted by Gasteiger charge is 2.27. The van der Waals surface area contributed by atoms with Crippen LogP contribution >= 0.6 is 12.4 Å². The second-order valence-electron chi connectivity index (χ2n) is 11.2. The van der Waals surface area contributed by atoms with Gasteiger partial charge in [-0.1, -0.05) is 60.6 Å². The number of nitrogens with zero attached hydrogens (tertiary/aromatic N) is 1. The molecule has 1 heterocycles. The lowest BCUT2D eigenvalue weighted by Crippen LogP contribution is -2.27. The van der Waals surface area contributed by atoms with Gasteiger partial charge in [0.05, 0.1) is 0 Å². The number of likely N-dealkylation sites (N-methyl/N-ethyl adjacent to an activating group) is 1. The minimum Gasteiger partial charge on any atom is -0.507 e. The van der Waals surface area contributed by atoms with E-state index < -0.39 is 0 Å². The number of hydrogen-bond donors (Lipinski definition) is 2. The van der Waals surface area contributed by atoms with E-state index in [2.05, 4.69) is 77.8 Å². The molecule has 3 rings (SSSR count). The van der Waals surface area contributed by atoms with Crippen LogP contribution in [0.2, 0.25) is 0 Å². The normalized spacial score (nSPS) is 12.8. The summed E-state index contributed by atoms with van der Waals surface area (Å²) < 4.78 is 11.8. The molecule has 0 aliphatic rings. The van der Waals surface area contributed by atoms with Gasteiger partial charge in [-0.05, 0) is 60.5 Å². The van der Waals surface area contributed by atoms with Crippen LogP contribution in [0.25, 0.3) is 11.5 Å². The maximum absolute atomic E-state index is 11.0. The van der Waals surface area contributed by atoms with Crippen molar-refractivity contribution in [2.24, 2.45) is 0 Å². The maximum atomic E-state index is 11.0. The molecule has 5 nitrogen and oxygen atoms in total. The Bertz CT molecular complexity index is 1060.